The summed E-state index contributed by atoms with van der Waals surface area (Å²) in [7, 11) is -0.357. The van der Waals surface area contributed by atoms with Gasteiger partial charge in [0.15, 0.2) is 0 Å². The van der Waals surface area contributed by atoms with Crippen LogP contribution in [-0.2, 0) is 10.1 Å². The minimum atomic E-state index is -3.11. The highest BCUT2D eigenvalue weighted by Crippen LogP contribution is 2.48. The van der Waals surface area contributed by atoms with Gasteiger partial charge in [-0.15, -0.1) is 10.1 Å². The Morgan fingerprint density at radius 3 is 1.60 bits per heavy atom. The Balaban J connectivity index is 4.10. The zero-order chi connectivity index (χ0) is 11.7. The number of hydrogen-bond donors (Lipinski definition) is 2. The van der Waals surface area contributed by atoms with Crippen LogP contribution in [0, 0.1) is 0 Å². The molecule has 0 fully saturated rings. The highest BCUT2D eigenvalue weighted by atomic mass is 35.7. The number of hydrogen-bond acceptors (Lipinski definition) is 0. The van der Waals surface area contributed by atoms with Crippen molar-refractivity contribution >= 4 is 27.2 Å². The SMILES string of the molecule is CCCCCS(CCCCC)=P(O)(O)Cl. The second-order valence-electron chi connectivity index (χ2n) is 3.76. The number of unbranched alkanes of at least 4 members (excludes halogenated alkanes) is 4. The van der Waals surface area contributed by atoms with E-state index in [1.807, 2.05) is 0 Å². The fourth-order valence-electron chi connectivity index (χ4n) is 1.37. The Hall–Kier alpha value is 0.990. The molecule has 0 bridgehead atoms. The average molecular weight is 275 g/mol. The largest absolute Gasteiger partial charge is 0.338 e. The van der Waals surface area contributed by atoms with Gasteiger partial charge in [0, 0.05) is 0 Å². The third-order valence-corrected chi connectivity index (χ3v) is 9.30. The summed E-state index contributed by atoms with van der Waals surface area (Å²) in [4.78, 5) is 19.0. The summed E-state index contributed by atoms with van der Waals surface area (Å²) in [5, 5.41) is 0. The predicted octanol–water partition coefficient (Wildman–Crippen LogP) is 3.89. The van der Waals surface area contributed by atoms with E-state index < -0.39 is 5.84 Å². The lowest BCUT2D eigenvalue weighted by Crippen LogP contribution is -2.04. The van der Waals surface area contributed by atoms with Crippen molar-refractivity contribution in [1.29, 1.82) is 0 Å². The van der Waals surface area contributed by atoms with Crippen molar-refractivity contribution in [3.05, 3.63) is 0 Å². The lowest BCUT2D eigenvalue weighted by molar-refractivity contribution is 0.499. The lowest BCUT2D eigenvalue weighted by Gasteiger charge is -2.14. The molecular formula is C10H24ClO2PS. The van der Waals surface area contributed by atoms with E-state index in [1.54, 1.807) is 0 Å². The molecule has 5 heteroatoms. The molecule has 2 nitrogen and oxygen atoms in total. The Morgan fingerprint density at radius 1 is 0.933 bits per heavy atom. The van der Waals surface area contributed by atoms with Crippen LogP contribution in [0.3, 0.4) is 0 Å². The molecule has 0 aromatic carbocycles. The molecule has 0 atom stereocenters. The van der Waals surface area contributed by atoms with E-state index >= 15 is 0 Å². The molecule has 0 rings (SSSR count). The van der Waals surface area contributed by atoms with E-state index in [1.165, 1.54) is 0 Å². The van der Waals surface area contributed by atoms with E-state index in [9.17, 15) is 9.79 Å². The maximum Gasteiger partial charge on any atom is 0.235 e. The van der Waals surface area contributed by atoms with E-state index in [0.717, 1.165) is 50.0 Å². The van der Waals surface area contributed by atoms with Crippen LogP contribution in [0.4, 0.5) is 0 Å². The fraction of sp³-hybridized carbons (Fsp3) is 1.00. The second kappa shape index (κ2) is 9.07. The van der Waals surface area contributed by atoms with Gasteiger partial charge in [0.1, 0.15) is 0 Å². The summed E-state index contributed by atoms with van der Waals surface area (Å²) in [5.74, 6) is -1.32. The van der Waals surface area contributed by atoms with Gasteiger partial charge in [-0.25, -0.2) is 0 Å². The first kappa shape index (κ1) is 16.0. The monoisotopic (exact) mass is 274 g/mol. The number of halogens is 1. The van der Waals surface area contributed by atoms with Gasteiger partial charge in [-0.1, -0.05) is 39.5 Å². The lowest BCUT2D eigenvalue weighted by atomic mass is 10.3. The van der Waals surface area contributed by atoms with Crippen molar-refractivity contribution in [3.63, 3.8) is 0 Å². The van der Waals surface area contributed by atoms with Gasteiger partial charge in [0.05, 0.1) is 0 Å². The molecule has 0 unspecified atom stereocenters. The molecule has 0 heterocycles. The molecular weight excluding hydrogens is 251 g/mol. The Labute approximate surface area is 101 Å². The van der Waals surface area contributed by atoms with E-state index in [4.69, 9.17) is 11.2 Å². The van der Waals surface area contributed by atoms with Crippen molar-refractivity contribution in [2.45, 2.75) is 52.4 Å². The van der Waals surface area contributed by atoms with E-state index in [-0.39, 0.29) is 10.1 Å². The molecule has 0 saturated carbocycles. The molecule has 0 aliphatic rings. The molecule has 0 aromatic heterocycles. The molecule has 0 aromatic rings. The minimum Gasteiger partial charge on any atom is -0.338 e. The van der Waals surface area contributed by atoms with Crippen molar-refractivity contribution in [2.24, 2.45) is 0 Å². The third kappa shape index (κ3) is 8.76. The van der Waals surface area contributed by atoms with Crippen LogP contribution >= 0.6 is 17.1 Å². The Kier molecular flexibility index (Phi) is 9.66. The smallest absolute Gasteiger partial charge is 0.235 e. The molecule has 0 amide bonds. The topological polar surface area (TPSA) is 40.5 Å². The maximum absolute atomic E-state index is 9.52. The summed E-state index contributed by atoms with van der Waals surface area (Å²) < 4.78 is 0. The maximum atomic E-state index is 9.52. The third-order valence-electron chi connectivity index (χ3n) is 2.30. The van der Waals surface area contributed by atoms with Gasteiger partial charge in [-0.3, -0.25) is 0 Å². The average Bonchev–Trinajstić information content (AvgIpc) is 2.14. The molecule has 0 aliphatic carbocycles. The number of rotatable bonds is 8. The van der Waals surface area contributed by atoms with Crippen LogP contribution in [0.5, 0.6) is 0 Å². The quantitative estimate of drug-likeness (QED) is 0.521. The standard InChI is InChI=1S/C10H24ClO2PS/c1-3-5-7-9-15(14(11,12)13)10-8-6-4-2/h12-13H,3-10H2,1-2H3. The normalized spacial score (nSPS) is 12.4. The van der Waals surface area contributed by atoms with E-state index in [2.05, 4.69) is 13.8 Å². The zero-order valence-corrected chi connectivity index (χ0v) is 12.3. The van der Waals surface area contributed by atoms with Crippen LogP contribution in [0.25, 0.3) is 0 Å². The van der Waals surface area contributed by atoms with Crippen LogP contribution in [-0.4, -0.2) is 21.3 Å². The van der Waals surface area contributed by atoms with Crippen LogP contribution in [0.1, 0.15) is 52.4 Å². The highest BCUT2D eigenvalue weighted by Gasteiger charge is 2.11. The van der Waals surface area contributed by atoms with Gasteiger partial charge in [0.25, 0.3) is 0 Å². The summed E-state index contributed by atoms with van der Waals surface area (Å²) >= 11 is 5.69. The van der Waals surface area contributed by atoms with Gasteiger partial charge < -0.3 is 9.79 Å². The van der Waals surface area contributed by atoms with Crippen molar-refractivity contribution in [3.8, 4) is 0 Å². The minimum absolute atomic E-state index is 0.357. The van der Waals surface area contributed by atoms with Gasteiger partial charge in [-0.2, -0.15) is 0 Å². The molecule has 2 N–H and O–H groups in total. The van der Waals surface area contributed by atoms with Crippen LogP contribution in [0.2, 0.25) is 0 Å². The zero-order valence-electron chi connectivity index (χ0n) is 9.78. The first-order valence-electron chi connectivity index (χ1n) is 5.74. The molecule has 0 aliphatic heterocycles. The van der Waals surface area contributed by atoms with Crippen LogP contribution < -0.4 is 0 Å². The summed E-state index contributed by atoms with van der Waals surface area (Å²) in [6.45, 7) is 4.30. The van der Waals surface area contributed by atoms with Crippen LogP contribution in [0.15, 0.2) is 0 Å². The second-order valence-corrected chi connectivity index (χ2v) is 11.5. The van der Waals surface area contributed by atoms with Crippen molar-refractivity contribution < 1.29 is 9.79 Å². The molecule has 0 spiro atoms. The molecule has 15 heavy (non-hydrogen) atoms. The summed E-state index contributed by atoms with van der Waals surface area (Å²) in [6.07, 6.45) is 6.79. The van der Waals surface area contributed by atoms with Crippen molar-refractivity contribution in [2.75, 3.05) is 11.5 Å². The first-order chi connectivity index (χ1) is 7.02. The predicted molar refractivity (Wildman–Crippen MR) is 73.4 cm³/mol. The summed E-state index contributed by atoms with van der Waals surface area (Å²) in [6, 6.07) is 0. The van der Waals surface area contributed by atoms with Crippen molar-refractivity contribution in [1.82, 2.24) is 0 Å². The Morgan fingerprint density at radius 2 is 1.33 bits per heavy atom. The first-order valence-corrected chi connectivity index (χ1v) is 10.5. The Bertz CT molecular complexity index is 195. The van der Waals surface area contributed by atoms with E-state index in [0.29, 0.717) is 0 Å². The molecule has 0 radical (unpaired) electrons. The van der Waals surface area contributed by atoms with Gasteiger partial charge >= 0.3 is 0 Å². The molecule has 94 valence electrons. The fourth-order valence-corrected chi connectivity index (χ4v) is 6.53. The van der Waals surface area contributed by atoms with Gasteiger partial charge in [-0.05, 0) is 35.6 Å². The summed E-state index contributed by atoms with van der Waals surface area (Å²) in [5.41, 5.74) is 0. The molecule has 0 saturated heterocycles. The van der Waals surface area contributed by atoms with Gasteiger partial charge in [0.2, 0.25) is 5.84 Å². The highest BCUT2D eigenvalue weighted by molar-refractivity contribution is 8.37.